The number of carbonyl (C=O) groups excluding carboxylic acids is 1. The Morgan fingerprint density at radius 2 is 1.82 bits per heavy atom. The summed E-state index contributed by atoms with van der Waals surface area (Å²) in [5, 5.41) is 18.7. The van der Waals surface area contributed by atoms with Gasteiger partial charge in [-0.25, -0.2) is 0 Å². The number of benzene rings is 1. The number of Topliss-reactive ketones (excluding diaryl/α,β-unsaturated/α-hetero) is 1. The topological polar surface area (TPSA) is 79.5 Å². The second-order valence-electron chi connectivity index (χ2n) is 4.51. The van der Waals surface area contributed by atoms with Crippen molar-refractivity contribution in [3.8, 4) is 11.5 Å². The van der Waals surface area contributed by atoms with Crippen molar-refractivity contribution in [3.05, 3.63) is 58.0 Å². The van der Waals surface area contributed by atoms with Crippen molar-refractivity contribution in [2.75, 3.05) is 0 Å². The number of aromatic nitrogens is 1. The van der Waals surface area contributed by atoms with Gasteiger partial charge in [0.25, 0.3) is 5.56 Å². The molecule has 0 fully saturated rings. The van der Waals surface area contributed by atoms with Crippen LogP contribution in [0.3, 0.4) is 0 Å². The number of ketones is 1. The van der Waals surface area contributed by atoms with Gasteiger partial charge in [0.2, 0.25) is 0 Å². The Morgan fingerprint density at radius 3 is 2.41 bits per heavy atom. The minimum absolute atomic E-state index is 0.206. The zero-order valence-corrected chi connectivity index (χ0v) is 11.0. The van der Waals surface area contributed by atoms with E-state index in [9.17, 15) is 27.9 Å². The molecule has 1 aromatic heterocycles. The van der Waals surface area contributed by atoms with Crippen molar-refractivity contribution >= 4 is 5.78 Å². The van der Waals surface area contributed by atoms with Crippen LogP contribution in [0.5, 0.6) is 11.5 Å². The predicted octanol–water partition coefficient (Wildman–Crippen LogP) is 2.16. The van der Waals surface area contributed by atoms with Gasteiger partial charge in [0.05, 0.1) is 17.7 Å². The predicted molar refractivity (Wildman–Crippen MR) is 69.8 cm³/mol. The average molecular weight is 313 g/mol. The van der Waals surface area contributed by atoms with Gasteiger partial charge in [-0.05, 0) is 18.2 Å². The van der Waals surface area contributed by atoms with Gasteiger partial charge >= 0.3 is 6.18 Å². The average Bonchev–Trinajstić information content (AvgIpc) is 2.39. The first kappa shape index (κ1) is 15.6. The van der Waals surface area contributed by atoms with Gasteiger partial charge in [0, 0.05) is 18.3 Å². The van der Waals surface area contributed by atoms with Gasteiger partial charge in [-0.3, -0.25) is 9.59 Å². The number of halogens is 3. The van der Waals surface area contributed by atoms with E-state index >= 15 is 0 Å². The highest BCUT2D eigenvalue weighted by Gasteiger charge is 2.31. The molecular formula is C14H10F3NO4. The van der Waals surface area contributed by atoms with Crippen LogP contribution in [0.4, 0.5) is 13.2 Å². The fourth-order valence-electron chi connectivity index (χ4n) is 1.82. The van der Waals surface area contributed by atoms with Gasteiger partial charge in [0.1, 0.15) is 11.5 Å². The van der Waals surface area contributed by atoms with Gasteiger partial charge in [-0.1, -0.05) is 0 Å². The van der Waals surface area contributed by atoms with E-state index < -0.39 is 35.4 Å². The smallest absolute Gasteiger partial charge is 0.417 e. The monoisotopic (exact) mass is 313 g/mol. The van der Waals surface area contributed by atoms with E-state index in [1.807, 2.05) is 0 Å². The number of hydrogen-bond acceptors (Lipinski definition) is 4. The molecule has 2 N–H and O–H groups in total. The molecular weight excluding hydrogens is 303 g/mol. The van der Waals surface area contributed by atoms with E-state index in [4.69, 9.17) is 5.11 Å². The molecule has 0 unspecified atom stereocenters. The Kier molecular flexibility index (Phi) is 3.94. The molecule has 0 amide bonds. The molecule has 0 saturated carbocycles. The molecule has 1 heterocycles. The number of pyridine rings is 1. The molecule has 0 radical (unpaired) electrons. The standard InChI is InChI=1S/C14H10F3NO4/c15-14(16,17)8-1-4-13(22)18(6-8)7-12(21)10-3-2-9(19)5-11(10)20/h1-6,19-20H,7H2. The maximum absolute atomic E-state index is 12.6. The van der Waals surface area contributed by atoms with Gasteiger partial charge < -0.3 is 14.8 Å². The van der Waals surface area contributed by atoms with Crippen molar-refractivity contribution in [3.63, 3.8) is 0 Å². The number of nitrogens with zero attached hydrogens (tertiary/aromatic N) is 1. The zero-order chi connectivity index (χ0) is 16.5. The van der Waals surface area contributed by atoms with Crippen molar-refractivity contribution in [1.29, 1.82) is 0 Å². The fourth-order valence-corrected chi connectivity index (χ4v) is 1.82. The molecule has 22 heavy (non-hydrogen) atoms. The van der Waals surface area contributed by atoms with E-state index in [-0.39, 0.29) is 11.3 Å². The molecule has 2 rings (SSSR count). The summed E-state index contributed by atoms with van der Waals surface area (Å²) in [5.74, 6) is -1.56. The normalized spacial score (nSPS) is 11.4. The molecule has 2 aromatic rings. The summed E-state index contributed by atoms with van der Waals surface area (Å²) in [7, 11) is 0. The highest BCUT2D eigenvalue weighted by molar-refractivity contribution is 5.98. The van der Waals surface area contributed by atoms with E-state index in [0.29, 0.717) is 22.9 Å². The number of aromatic hydroxyl groups is 2. The minimum atomic E-state index is -4.64. The van der Waals surface area contributed by atoms with Crippen LogP contribution in [-0.2, 0) is 12.7 Å². The quantitative estimate of drug-likeness (QED) is 0.851. The molecule has 0 spiro atoms. The highest BCUT2D eigenvalue weighted by atomic mass is 19.4. The number of carbonyl (C=O) groups is 1. The van der Waals surface area contributed by atoms with Crippen molar-refractivity contribution in [2.45, 2.75) is 12.7 Å². The SMILES string of the molecule is O=C(Cn1cc(C(F)(F)F)ccc1=O)c1ccc(O)cc1O. The third kappa shape index (κ3) is 3.27. The lowest BCUT2D eigenvalue weighted by molar-refractivity contribution is -0.138. The molecule has 116 valence electrons. The number of hydrogen-bond donors (Lipinski definition) is 2. The maximum Gasteiger partial charge on any atom is 0.417 e. The minimum Gasteiger partial charge on any atom is -0.508 e. The highest BCUT2D eigenvalue weighted by Crippen LogP contribution is 2.28. The number of phenolic OH excluding ortho intramolecular Hbond substituents is 2. The van der Waals surface area contributed by atoms with E-state index in [1.54, 1.807) is 0 Å². The van der Waals surface area contributed by atoms with Gasteiger partial charge in [-0.15, -0.1) is 0 Å². The summed E-state index contributed by atoms with van der Waals surface area (Å²) in [6.45, 7) is -0.666. The third-order valence-corrected chi connectivity index (χ3v) is 2.91. The third-order valence-electron chi connectivity index (χ3n) is 2.91. The maximum atomic E-state index is 12.6. The number of phenols is 2. The molecule has 0 aliphatic heterocycles. The van der Waals surface area contributed by atoms with Gasteiger partial charge in [0.15, 0.2) is 5.78 Å². The summed E-state index contributed by atoms with van der Waals surface area (Å²) < 4.78 is 38.4. The van der Waals surface area contributed by atoms with Crippen LogP contribution in [0.25, 0.3) is 0 Å². The van der Waals surface area contributed by atoms with Crippen LogP contribution in [-0.4, -0.2) is 20.6 Å². The molecule has 1 aromatic carbocycles. The summed E-state index contributed by atoms with van der Waals surface area (Å²) in [6.07, 6.45) is -4.10. The number of rotatable bonds is 3. The molecule has 0 bridgehead atoms. The lowest BCUT2D eigenvalue weighted by atomic mass is 10.1. The summed E-state index contributed by atoms with van der Waals surface area (Å²) in [6, 6.07) is 4.52. The Hall–Kier alpha value is -2.77. The fraction of sp³-hybridized carbons (Fsp3) is 0.143. The Morgan fingerprint density at radius 1 is 1.14 bits per heavy atom. The van der Waals surface area contributed by atoms with Crippen LogP contribution >= 0.6 is 0 Å². The molecule has 0 aliphatic carbocycles. The Labute approximate surface area is 121 Å². The van der Waals surface area contributed by atoms with E-state index in [0.717, 1.165) is 18.2 Å². The molecule has 0 atom stereocenters. The first-order valence-corrected chi connectivity index (χ1v) is 6.01. The lowest BCUT2D eigenvalue weighted by Crippen LogP contribution is -2.25. The molecule has 0 saturated heterocycles. The molecule has 0 aliphatic rings. The summed E-state index contributed by atoms with van der Waals surface area (Å²) in [4.78, 5) is 23.5. The Balaban J connectivity index is 2.34. The van der Waals surface area contributed by atoms with Crippen LogP contribution in [0.1, 0.15) is 15.9 Å². The summed E-state index contributed by atoms with van der Waals surface area (Å²) >= 11 is 0. The second kappa shape index (κ2) is 5.55. The van der Waals surface area contributed by atoms with Gasteiger partial charge in [-0.2, -0.15) is 13.2 Å². The lowest BCUT2D eigenvalue weighted by Gasteiger charge is -2.10. The van der Waals surface area contributed by atoms with Crippen molar-refractivity contribution in [1.82, 2.24) is 4.57 Å². The van der Waals surface area contributed by atoms with E-state index in [1.165, 1.54) is 0 Å². The largest absolute Gasteiger partial charge is 0.508 e. The second-order valence-corrected chi connectivity index (χ2v) is 4.51. The summed E-state index contributed by atoms with van der Waals surface area (Å²) in [5.41, 5.74) is -2.04. The molecule has 8 heteroatoms. The Bertz CT molecular complexity index is 780. The van der Waals surface area contributed by atoms with Crippen LogP contribution in [0, 0.1) is 0 Å². The first-order valence-electron chi connectivity index (χ1n) is 6.01. The number of alkyl halides is 3. The van der Waals surface area contributed by atoms with Crippen molar-refractivity contribution < 1.29 is 28.2 Å². The molecule has 5 nitrogen and oxygen atoms in total. The van der Waals surface area contributed by atoms with Crippen LogP contribution in [0.2, 0.25) is 0 Å². The van der Waals surface area contributed by atoms with Crippen LogP contribution in [0.15, 0.2) is 41.3 Å². The zero-order valence-electron chi connectivity index (χ0n) is 11.0. The van der Waals surface area contributed by atoms with Crippen LogP contribution < -0.4 is 5.56 Å². The van der Waals surface area contributed by atoms with E-state index in [2.05, 4.69) is 0 Å². The first-order chi connectivity index (χ1) is 10.2. The van der Waals surface area contributed by atoms with Crippen molar-refractivity contribution in [2.24, 2.45) is 0 Å².